The SMILES string of the molecule is Cc1c(NC(=O)CN(C)C)cccc1NC(=O)N(C)CC[C@@H]1CCCCO1. The number of carbonyl (C=O) groups is 2. The molecule has 1 atom stereocenters. The van der Waals surface area contributed by atoms with Crippen LogP contribution in [0.25, 0.3) is 0 Å². The first-order valence-corrected chi connectivity index (χ1v) is 9.54. The molecule has 0 saturated carbocycles. The third-order valence-corrected chi connectivity index (χ3v) is 4.72. The van der Waals surface area contributed by atoms with Gasteiger partial charge in [0.05, 0.1) is 12.6 Å². The Morgan fingerprint density at radius 2 is 1.85 bits per heavy atom. The molecule has 1 aromatic carbocycles. The van der Waals surface area contributed by atoms with Crippen molar-refractivity contribution >= 4 is 23.3 Å². The molecule has 150 valence electrons. The van der Waals surface area contributed by atoms with Gasteiger partial charge in [0.1, 0.15) is 0 Å². The van der Waals surface area contributed by atoms with E-state index in [1.54, 1.807) is 16.8 Å². The van der Waals surface area contributed by atoms with Crippen LogP contribution in [0.4, 0.5) is 16.2 Å². The molecule has 2 N–H and O–H groups in total. The van der Waals surface area contributed by atoms with Gasteiger partial charge >= 0.3 is 6.03 Å². The molecule has 2 rings (SSSR count). The average molecular weight is 377 g/mol. The molecule has 0 spiro atoms. The Hall–Kier alpha value is -2.12. The van der Waals surface area contributed by atoms with Gasteiger partial charge in [0, 0.05) is 31.6 Å². The Kier molecular flexibility index (Phi) is 8.06. The largest absolute Gasteiger partial charge is 0.378 e. The number of anilines is 2. The number of benzene rings is 1. The van der Waals surface area contributed by atoms with Crippen molar-refractivity contribution in [3.8, 4) is 0 Å². The molecule has 27 heavy (non-hydrogen) atoms. The van der Waals surface area contributed by atoms with E-state index < -0.39 is 0 Å². The lowest BCUT2D eigenvalue weighted by Crippen LogP contribution is -2.34. The van der Waals surface area contributed by atoms with Crippen LogP contribution < -0.4 is 10.6 Å². The summed E-state index contributed by atoms with van der Waals surface area (Å²) in [5.74, 6) is -0.0869. The Labute approximate surface area is 162 Å². The lowest BCUT2D eigenvalue weighted by atomic mass is 10.1. The topological polar surface area (TPSA) is 73.9 Å². The summed E-state index contributed by atoms with van der Waals surface area (Å²) in [7, 11) is 5.48. The summed E-state index contributed by atoms with van der Waals surface area (Å²) >= 11 is 0. The predicted molar refractivity (Wildman–Crippen MR) is 108 cm³/mol. The Morgan fingerprint density at radius 1 is 1.15 bits per heavy atom. The van der Waals surface area contributed by atoms with Crippen molar-refractivity contribution in [2.45, 2.75) is 38.7 Å². The Bertz CT molecular complexity index is 642. The highest BCUT2D eigenvalue weighted by Gasteiger charge is 2.17. The summed E-state index contributed by atoms with van der Waals surface area (Å²) in [6.45, 7) is 3.67. The molecule has 0 radical (unpaired) electrons. The molecule has 1 aliphatic heterocycles. The van der Waals surface area contributed by atoms with Gasteiger partial charge in [-0.05, 0) is 64.4 Å². The highest BCUT2D eigenvalue weighted by atomic mass is 16.5. The monoisotopic (exact) mass is 376 g/mol. The average Bonchev–Trinajstić information content (AvgIpc) is 2.63. The number of nitrogens with zero attached hydrogens (tertiary/aromatic N) is 2. The van der Waals surface area contributed by atoms with Gasteiger partial charge < -0.3 is 25.2 Å². The maximum atomic E-state index is 12.5. The summed E-state index contributed by atoms with van der Waals surface area (Å²) in [6.07, 6.45) is 4.51. The molecule has 1 aromatic rings. The van der Waals surface area contributed by atoms with Crippen molar-refractivity contribution in [1.29, 1.82) is 0 Å². The smallest absolute Gasteiger partial charge is 0.321 e. The fraction of sp³-hybridized carbons (Fsp3) is 0.600. The van der Waals surface area contributed by atoms with E-state index in [-0.39, 0.29) is 18.0 Å². The van der Waals surface area contributed by atoms with Gasteiger partial charge in [0.25, 0.3) is 0 Å². The number of likely N-dealkylation sites (N-methyl/N-ethyl adjacent to an activating group) is 1. The van der Waals surface area contributed by atoms with Gasteiger partial charge in [-0.25, -0.2) is 4.79 Å². The van der Waals surface area contributed by atoms with Crippen LogP contribution in [0.3, 0.4) is 0 Å². The summed E-state index contributed by atoms with van der Waals surface area (Å²) in [5.41, 5.74) is 2.24. The normalized spacial score (nSPS) is 16.9. The molecule has 0 bridgehead atoms. The number of carbonyl (C=O) groups excluding carboxylic acids is 2. The fourth-order valence-corrected chi connectivity index (χ4v) is 3.07. The van der Waals surface area contributed by atoms with Crippen LogP contribution in [-0.4, -0.2) is 68.7 Å². The molecule has 7 heteroatoms. The highest BCUT2D eigenvalue weighted by molar-refractivity contribution is 5.96. The summed E-state index contributed by atoms with van der Waals surface area (Å²) in [4.78, 5) is 28.0. The van der Waals surface area contributed by atoms with E-state index in [0.717, 1.165) is 31.4 Å². The minimum Gasteiger partial charge on any atom is -0.378 e. The number of amides is 3. The zero-order valence-electron chi connectivity index (χ0n) is 16.9. The Balaban J connectivity index is 1.90. The molecule has 1 aliphatic rings. The van der Waals surface area contributed by atoms with Crippen LogP contribution >= 0.6 is 0 Å². The lowest BCUT2D eigenvalue weighted by molar-refractivity contribution is -0.116. The van der Waals surface area contributed by atoms with E-state index in [1.807, 2.05) is 39.2 Å². The summed E-state index contributed by atoms with van der Waals surface area (Å²) in [5, 5.41) is 5.83. The summed E-state index contributed by atoms with van der Waals surface area (Å²) in [6, 6.07) is 5.34. The van der Waals surface area contributed by atoms with E-state index >= 15 is 0 Å². The zero-order valence-corrected chi connectivity index (χ0v) is 16.9. The second-order valence-electron chi connectivity index (χ2n) is 7.39. The highest BCUT2D eigenvalue weighted by Crippen LogP contribution is 2.24. The van der Waals surface area contributed by atoms with Crippen LogP contribution in [0.15, 0.2) is 18.2 Å². The van der Waals surface area contributed by atoms with Crippen molar-refractivity contribution in [3.05, 3.63) is 23.8 Å². The van der Waals surface area contributed by atoms with E-state index in [2.05, 4.69) is 10.6 Å². The lowest BCUT2D eigenvalue weighted by Gasteiger charge is -2.25. The van der Waals surface area contributed by atoms with E-state index in [0.29, 0.717) is 24.5 Å². The van der Waals surface area contributed by atoms with Gasteiger partial charge in [-0.3, -0.25) is 4.79 Å². The van der Waals surface area contributed by atoms with Crippen LogP contribution in [-0.2, 0) is 9.53 Å². The molecule has 0 aromatic heterocycles. The second kappa shape index (κ2) is 10.3. The van der Waals surface area contributed by atoms with Crippen LogP contribution in [0.1, 0.15) is 31.2 Å². The van der Waals surface area contributed by atoms with E-state index in [1.165, 1.54) is 6.42 Å². The van der Waals surface area contributed by atoms with Crippen molar-refractivity contribution in [2.75, 3.05) is 51.5 Å². The fourth-order valence-electron chi connectivity index (χ4n) is 3.07. The first-order valence-electron chi connectivity index (χ1n) is 9.54. The molecule has 0 aliphatic carbocycles. The molecular weight excluding hydrogens is 344 g/mol. The molecule has 0 unspecified atom stereocenters. The zero-order chi connectivity index (χ0) is 19.8. The maximum absolute atomic E-state index is 12.5. The Morgan fingerprint density at radius 3 is 2.48 bits per heavy atom. The number of nitrogens with one attached hydrogen (secondary N) is 2. The number of hydrogen-bond donors (Lipinski definition) is 2. The summed E-state index contributed by atoms with van der Waals surface area (Å²) < 4.78 is 5.72. The van der Waals surface area contributed by atoms with Crippen LogP contribution in [0.2, 0.25) is 0 Å². The van der Waals surface area contributed by atoms with Gasteiger partial charge in [-0.15, -0.1) is 0 Å². The van der Waals surface area contributed by atoms with Crippen LogP contribution in [0.5, 0.6) is 0 Å². The number of ether oxygens (including phenoxy) is 1. The molecule has 1 fully saturated rings. The van der Waals surface area contributed by atoms with Crippen molar-refractivity contribution in [2.24, 2.45) is 0 Å². The maximum Gasteiger partial charge on any atom is 0.321 e. The molecule has 1 heterocycles. The molecular formula is C20H32N4O3. The predicted octanol–water partition coefficient (Wildman–Crippen LogP) is 2.92. The van der Waals surface area contributed by atoms with Crippen molar-refractivity contribution in [3.63, 3.8) is 0 Å². The number of rotatable bonds is 7. The van der Waals surface area contributed by atoms with Gasteiger partial charge in [-0.1, -0.05) is 6.07 Å². The van der Waals surface area contributed by atoms with E-state index in [4.69, 9.17) is 4.74 Å². The first-order chi connectivity index (χ1) is 12.9. The van der Waals surface area contributed by atoms with Crippen molar-refractivity contribution in [1.82, 2.24) is 9.80 Å². The van der Waals surface area contributed by atoms with Crippen LogP contribution in [0, 0.1) is 6.92 Å². The van der Waals surface area contributed by atoms with Gasteiger partial charge in [-0.2, -0.15) is 0 Å². The number of hydrogen-bond acceptors (Lipinski definition) is 4. The molecule has 7 nitrogen and oxygen atoms in total. The van der Waals surface area contributed by atoms with Gasteiger partial charge in [0.15, 0.2) is 0 Å². The minimum atomic E-state index is -0.161. The number of urea groups is 1. The first kappa shape index (κ1) is 21.2. The third kappa shape index (κ3) is 6.84. The second-order valence-corrected chi connectivity index (χ2v) is 7.39. The standard InChI is InChI=1S/C20H32N4O3/c1-15-17(21-19(25)14-23(2)3)9-7-10-18(15)22-20(26)24(4)12-11-16-8-5-6-13-27-16/h7,9-10,16H,5-6,8,11-14H2,1-4H3,(H,21,25)(H,22,26)/t16-/m0/s1. The molecule has 1 saturated heterocycles. The quantitative estimate of drug-likeness (QED) is 0.767. The molecule has 3 amide bonds. The van der Waals surface area contributed by atoms with Crippen molar-refractivity contribution < 1.29 is 14.3 Å². The third-order valence-electron chi connectivity index (χ3n) is 4.72. The van der Waals surface area contributed by atoms with Gasteiger partial charge in [0.2, 0.25) is 5.91 Å². The minimum absolute atomic E-state index is 0.0869. The van der Waals surface area contributed by atoms with E-state index in [9.17, 15) is 9.59 Å².